The first-order valence-electron chi connectivity index (χ1n) is 4.50. The van der Waals surface area contributed by atoms with Crippen LogP contribution in [0.4, 0.5) is 0 Å². The monoisotopic (exact) mass is 221 g/mol. The van der Waals surface area contributed by atoms with Crippen LogP contribution in [0.25, 0.3) is 0 Å². The molecule has 0 amide bonds. The third kappa shape index (κ3) is 2.33. The fourth-order valence-corrected chi connectivity index (χ4v) is 1.48. The van der Waals surface area contributed by atoms with Crippen molar-refractivity contribution in [3.8, 4) is 0 Å². The number of hydrogen-bond donors (Lipinski definition) is 0. The maximum absolute atomic E-state index is 5.89. The van der Waals surface area contributed by atoms with Crippen LogP contribution in [0, 0.1) is 13.8 Å². The van der Waals surface area contributed by atoms with Crippen LogP contribution in [0.2, 0.25) is 5.02 Å². The number of nitrogens with zero attached hydrogens (tertiary/aromatic N) is 4. The fraction of sp³-hybridized carbons (Fsp3) is 0.200. The van der Waals surface area contributed by atoms with Crippen LogP contribution < -0.4 is 0 Å². The van der Waals surface area contributed by atoms with Crippen molar-refractivity contribution < 1.29 is 0 Å². The SMILES string of the molecule is [CH2]c1ccc(Cl)cc1Cn1nnc(C)n1. The van der Waals surface area contributed by atoms with E-state index in [1.165, 1.54) is 4.80 Å². The molecule has 5 heteroatoms. The minimum atomic E-state index is 0.542. The lowest BCUT2D eigenvalue weighted by molar-refractivity contribution is 0.570. The van der Waals surface area contributed by atoms with E-state index in [1.807, 2.05) is 18.2 Å². The summed E-state index contributed by atoms with van der Waals surface area (Å²) in [5.41, 5.74) is 1.93. The molecular formula is C10H10ClN4. The molecule has 0 atom stereocenters. The molecule has 0 unspecified atom stereocenters. The Bertz CT molecular complexity index is 478. The third-order valence-corrected chi connectivity index (χ3v) is 2.27. The van der Waals surface area contributed by atoms with Gasteiger partial charge in [0.2, 0.25) is 0 Å². The lowest BCUT2D eigenvalue weighted by atomic mass is 10.1. The van der Waals surface area contributed by atoms with E-state index >= 15 is 0 Å². The normalized spacial score (nSPS) is 10.6. The molecule has 0 aliphatic rings. The molecule has 1 aromatic heterocycles. The van der Waals surface area contributed by atoms with Crippen molar-refractivity contribution in [3.05, 3.63) is 47.1 Å². The molecule has 1 aromatic carbocycles. The first-order chi connectivity index (χ1) is 7.15. The molecule has 2 rings (SSSR count). The van der Waals surface area contributed by atoms with Crippen LogP contribution in [-0.4, -0.2) is 20.2 Å². The predicted octanol–water partition coefficient (Wildman–Crippen LogP) is 1.87. The van der Waals surface area contributed by atoms with Crippen molar-refractivity contribution in [2.75, 3.05) is 0 Å². The Kier molecular flexibility index (Phi) is 2.68. The van der Waals surface area contributed by atoms with E-state index in [1.54, 1.807) is 6.92 Å². The topological polar surface area (TPSA) is 43.6 Å². The molecule has 0 aliphatic carbocycles. The number of hydrogen-bond acceptors (Lipinski definition) is 3. The highest BCUT2D eigenvalue weighted by molar-refractivity contribution is 6.30. The van der Waals surface area contributed by atoms with Gasteiger partial charge >= 0.3 is 0 Å². The average Bonchev–Trinajstić information content (AvgIpc) is 2.58. The van der Waals surface area contributed by atoms with Crippen molar-refractivity contribution in [2.45, 2.75) is 13.5 Å². The summed E-state index contributed by atoms with van der Waals surface area (Å²) in [6.45, 7) is 6.26. The highest BCUT2D eigenvalue weighted by atomic mass is 35.5. The van der Waals surface area contributed by atoms with Gasteiger partial charge in [-0.05, 0) is 42.3 Å². The zero-order valence-electron chi connectivity index (χ0n) is 8.31. The van der Waals surface area contributed by atoms with Crippen molar-refractivity contribution in [3.63, 3.8) is 0 Å². The molecule has 77 valence electrons. The molecule has 0 fully saturated rings. The van der Waals surface area contributed by atoms with Gasteiger partial charge in [0.1, 0.15) is 0 Å². The minimum absolute atomic E-state index is 0.542. The van der Waals surface area contributed by atoms with Crippen LogP contribution in [0.1, 0.15) is 17.0 Å². The quantitative estimate of drug-likeness (QED) is 0.778. The van der Waals surface area contributed by atoms with E-state index in [9.17, 15) is 0 Å². The number of aromatic nitrogens is 4. The summed E-state index contributed by atoms with van der Waals surface area (Å²) < 4.78 is 0. The maximum atomic E-state index is 5.89. The minimum Gasteiger partial charge on any atom is -0.160 e. The standard InChI is InChI=1S/C10H10ClN4/c1-7-3-4-10(11)5-9(7)6-15-13-8(2)12-14-15/h3-5H,1,6H2,2H3. The first-order valence-corrected chi connectivity index (χ1v) is 4.88. The van der Waals surface area contributed by atoms with Crippen molar-refractivity contribution >= 4 is 11.6 Å². The van der Waals surface area contributed by atoms with Gasteiger partial charge < -0.3 is 0 Å². The summed E-state index contributed by atoms with van der Waals surface area (Å²) in [5, 5.41) is 12.5. The number of benzene rings is 1. The highest BCUT2D eigenvalue weighted by Gasteiger charge is 2.03. The molecule has 15 heavy (non-hydrogen) atoms. The van der Waals surface area contributed by atoms with Crippen LogP contribution in [-0.2, 0) is 6.54 Å². The van der Waals surface area contributed by atoms with Gasteiger partial charge in [0.15, 0.2) is 5.82 Å². The zero-order valence-corrected chi connectivity index (χ0v) is 9.07. The highest BCUT2D eigenvalue weighted by Crippen LogP contribution is 2.15. The van der Waals surface area contributed by atoms with Gasteiger partial charge in [-0.3, -0.25) is 0 Å². The molecule has 0 bridgehead atoms. The Morgan fingerprint density at radius 2 is 2.27 bits per heavy atom. The molecule has 0 N–H and O–H groups in total. The van der Waals surface area contributed by atoms with E-state index in [0.717, 1.165) is 11.1 Å². The molecule has 0 saturated carbocycles. The van der Waals surface area contributed by atoms with Gasteiger partial charge in [-0.2, -0.15) is 4.80 Å². The third-order valence-electron chi connectivity index (χ3n) is 2.03. The molecule has 1 heterocycles. The number of rotatable bonds is 2. The van der Waals surface area contributed by atoms with Gasteiger partial charge in [0, 0.05) is 5.02 Å². The molecule has 0 saturated heterocycles. The van der Waals surface area contributed by atoms with E-state index in [0.29, 0.717) is 17.4 Å². The summed E-state index contributed by atoms with van der Waals surface area (Å²) in [6, 6.07) is 5.55. The summed E-state index contributed by atoms with van der Waals surface area (Å²) in [7, 11) is 0. The molecule has 4 nitrogen and oxygen atoms in total. The largest absolute Gasteiger partial charge is 0.171 e. The lowest BCUT2D eigenvalue weighted by Gasteiger charge is -2.04. The summed E-state index contributed by atoms with van der Waals surface area (Å²) >= 11 is 5.89. The summed E-state index contributed by atoms with van der Waals surface area (Å²) in [4.78, 5) is 1.52. The molecular weight excluding hydrogens is 212 g/mol. The molecule has 0 aliphatic heterocycles. The fourth-order valence-electron chi connectivity index (χ4n) is 1.28. The van der Waals surface area contributed by atoms with Crippen LogP contribution in [0.5, 0.6) is 0 Å². The molecule has 2 aromatic rings. The maximum Gasteiger partial charge on any atom is 0.171 e. The Morgan fingerprint density at radius 1 is 1.47 bits per heavy atom. The predicted molar refractivity (Wildman–Crippen MR) is 57.6 cm³/mol. The number of aryl methyl sites for hydroxylation is 1. The Balaban J connectivity index is 2.27. The van der Waals surface area contributed by atoms with Crippen LogP contribution in [0.15, 0.2) is 18.2 Å². The Hall–Kier alpha value is -1.42. The number of tetrazole rings is 1. The zero-order chi connectivity index (χ0) is 10.8. The smallest absolute Gasteiger partial charge is 0.160 e. The van der Waals surface area contributed by atoms with E-state index < -0.39 is 0 Å². The van der Waals surface area contributed by atoms with E-state index in [2.05, 4.69) is 22.3 Å². The second-order valence-corrected chi connectivity index (χ2v) is 3.72. The van der Waals surface area contributed by atoms with Crippen LogP contribution >= 0.6 is 11.6 Å². The van der Waals surface area contributed by atoms with Gasteiger partial charge in [-0.15, -0.1) is 10.2 Å². The van der Waals surface area contributed by atoms with Crippen molar-refractivity contribution in [2.24, 2.45) is 0 Å². The van der Waals surface area contributed by atoms with Crippen molar-refractivity contribution in [1.82, 2.24) is 20.2 Å². The number of halogens is 1. The summed E-state index contributed by atoms with van der Waals surface area (Å²) in [5.74, 6) is 0.655. The molecule has 0 spiro atoms. The first kappa shape index (κ1) is 10.1. The van der Waals surface area contributed by atoms with Gasteiger partial charge in [-0.25, -0.2) is 0 Å². The van der Waals surface area contributed by atoms with E-state index in [-0.39, 0.29) is 0 Å². The van der Waals surface area contributed by atoms with Gasteiger partial charge in [0.05, 0.1) is 6.54 Å². The summed E-state index contributed by atoms with van der Waals surface area (Å²) in [6.07, 6.45) is 0. The van der Waals surface area contributed by atoms with Gasteiger partial charge in [-0.1, -0.05) is 17.7 Å². The van der Waals surface area contributed by atoms with Crippen LogP contribution in [0.3, 0.4) is 0 Å². The van der Waals surface area contributed by atoms with Gasteiger partial charge in [0.25, 0.3) is 0 Å². The second-order valence-electron chi connectivity index (χ2n) is 3.28. The Labute approximate surface area is 92.9 Å². The van der Waals surface area contributed by atoms with E-state index in [4.69, 9.17) is 11.6 Å². The average molecular weight is 222 g/mol. The Morgan fingerprint density at radius 3 is 2.93 bits per heavy atom. The lowest BCUT2D eigenvalue weighted by Crippen LogP contribution is -2.05. The van der Waals surface area contributed by atoms with Crippen molar-refractivity contribution in [1.29, 1.82) is 0 Å². The second kappa shape index (κ2) is 3.98. The molecule has 1 radical (unpaired) electrons.